The van der Waals surface area contributed by atoms with Gasteiger partial charge in [-0.3, -0.25) is 0 Å². The minimum absolute atomic E-state index is 0.0372. The quantitative estimate of drug-likeness (QED) is 0.807. The lowest BCUT2D eigenvalue weighted by atomic mass is 9.97. The first-order chi connectivity index (χ1) is 12.3. The summed E-state index contributed by atoms with van der Waals surface area (Å²) < 4.78 is 5.90. The van der Waals surface area contributed by atoms with E-state index in [1.165, 1.54) is 11.1 Å². The molecule has 140 valence electrons. The topological polar surface area (TPSA) is 41.5 Å². The maximum atomic E-state index is 10.3. The molecule has 1 fully saturated rings. The van der Waals surface area contributed by atoms with Crippen LogP contribution in [0.25, 0.3) is 0 Å². The summed E-state index contributed by atoms with van der Waals surface area (Å²) in [7, 11) is 0. The monoisotopic (exact) mass is 353 g/mol. The van der Waals surface area contributed by atoms with E-state index in [4.69, 9.17) is 4.74 Å². The van der Waals surface area contributed by atoms with E-state index in [0.29, 0.717) is 5.92 Å². The molecular formula is C23H31NO2. The van der Waals surface area contributed by atoms with Crippen molar-refractivity contribution < 1.29 is 9.84 Å². The zero-order chi connectivity index (χ0) is 18.7. The highest BCUT2D eigenvalue weighted by Gasteiger charge is 2.34. The van der Waals surface area contributed by atoms with E-state index in [1.807, 2.05) is 24.3 Å². The molecule has 2 aromatic carbocycles. The average molecular weight is 354 g/mol. The number of aliphatic hydroxyl groups is 1. The Labute approximate surface area is 157 Å². The van der Waals surface area contributed by atoms with E-state index in [1.54, 1.807) is 0 Å². The molecule has 0 aromatic heterocycles. The largest absolute Gasteiger partial charge is 0.457 e. The van der Waals surface area contributed by atoms with Gasteiger partial charge in [-0.05, 0) is 82.7 Å². The molecule has 0 radical (unpaired) electrons. The molecule has 1 saturated carbocycles. The minimum atomic E-state index is -0.247. The summed E-state index contributed by atoms with van der Waals surface area (Å²) in [6.07, 6.45) is 2.66. The Bertz CT molecular complexity index is 700. The molecule has 0 saturated heterocycles. The number of hydrogen-bond acceptors (Lipinski definition) is 3. The lowest BCUT2D eigenvalue weighted by molar-refractivity contribution is 0.133. The smallest absolute Gasteiger partial charge is 0.127 e. The van der Waals surface area contributed by atoms with Crippen molar-refractivity contribution in [3.63, 3.8) is 0 Å². The van der Waals surface area contributed by atoms with Gasteiger partial charge in [-0.15, -0.1) is 0 Å². The molecule has 0 unspecified atom stereocenters. The van der Waals surface area contributed by atoms with E-state index < -0.39 is 0 Å². The molecule has 1 aliphatic carbocycles. The minimum Gasteiger partial charge on any atom is -0.457 e. The lowest BCUT2D eigenvalue weighted by Crippen LogP contribution is -2.47. The van der Waals surface area contributed by atoms with Gasteiger partial charge < -0.3 is 15.2 Å². The molecule has 0 amide bonds. The Morgan fingerprint density at radius 3 is 2.12 bits per heavy atom. The Balaban J connectivity index is 1.55. The van der Waals surface area contributed by atoms with E-state index in [0.717, 1.165) is 30.8 Å². The van der Waals surface area contributed by atoms with Gasteiger partial charge in [-0.25, -0.2) is 0 Å². The first kappa shape index (κ1) is 18.9. The summed E-state index contributed by atoms with van der Waals surface area (Å²) in [4.78, 5) is 0. The van der Waals surface area contributed by atoms with Crippen LogP contribution in [0, 0.1) is 12.8 Å². The van der Waals surface area contributed by atoms with Gasteiger partial charge in [0, 0.05) is 11.6 Å². The Hall–Kier alpha value is -1.84. The maximum Gasteiger partial charge on any atom is 0.127 e. The third-order valence-electron chi connectivity index (χ3n) is 4.95. The number of aryl methyl sites for hydroxylation is 1. The first-order valence-electron chi connectivity index (χ1n) is 9.58. The summed E-state index contributed by atoms with van der Waals surface area (Å²) in [5, 5.41) is 13.9. The molecule has 0 heterocycles. The highest BCUT2D eigenvalue weighted by molar-refractivity contribution is 5.34. The Kier molecular flexibility index (Phi) is 5.69. The molecular weight excluding hydrogens is 322 g/mol. The van der Waals surface area contributed by atoms with Crippen molar-refractivity contribution in [2.75, 3.05) is 0 Å². The van der Waals surface area contributed by atoms with Crippen molar-refractivity contribution >= 4 is 0 Å². The van der Waals surface area contributed by atoms with Crippen LogP contribution < -0.4 is 10.1 Å². The molecule has 2 aromatic rings. The summed E-state index contributed by atoms with van der Waals surface area (Å²) >= 11 is 0. The van der Waals surface area contributed by atoms with Gasteiger partial charge in [0.05, 0.1) is 6.10 Å². The van der Waals surface area contributed by atoms with Crippen LogP contribution in [0.2, 0.25) is 0 Å². The van der Waals surface area contributed by atoms with Crippen molar-refractivity contribution in [2.24, 2.45) is 5.92 Å². The number of hydrogen-bond donors (Lipinski definition) is 2. The summed E-state index contributed by atoms with van der Waals surface area (Å²) in [6.45, 7) is 8.53. The number of rotatable bonds is 5. The van der Waals surface area contributed by atoms with Crippen molar-refractivity contribution in [1.29, 1.82) is 0 Å². The van der Waals surface area contributed by atoms with Crippen LogP contribution in [0.5, 0.6) is 11.5 Å². The van der Waals surface area contributed by atoms with Crippen LogP contribution in [-0.2, 0) is 6.42 Å². The van der Waals surface area contributed by atoms with Crippen molar-refractivity contribution in [3.8, 4) is 11.5 Å². The molecule has 3 atom stereocenters. The standard InChI is InChI=1S/C23H31NO2/c1-16-5-9-19(10-6-16)26-20-11-7-17(8-12-20)13-18-14-21(22(25)15-18)24-23(2,3)4/h5-12,18,21-22,24-25H,13-15H2,1-4H3/t18-,21-,22-/m1/s1. The molecule has 0 aliphatic heterocycles. The van der Waals surface area contributed by atoms with Crippen LogP contribution in [0.4, 0.5) is 0 Å². The second kappa shape index (κ2) is 7.81. The van der Waals surface area contributed by atoms with Gasteiger partial charge in [0.15, 0.2) is 0 Å². The van der Waals surface area contributed by atoms with Crippen LogP contribution in [0.1, 0.15) is 44.7 Å². The predicted molar refractivity (Wildman–Crippen MR) is 107 cm³/mol. The molecule has 26 heavy (non-hydrogen) atoms. The zero-order valence-corrected chi connectivity index (χ0v) is 16.3. The third kappa shape index (κ3) is 5.33. The second-order valence-electron chi connectivity index (χ2n) is 8.67. The summed E-state index contributed by atoms with van der Waals surface area (Å²) in [5.74, 6) is 2.24. The van der Waals surface area contributed by atoms with E-state index in [9.17, 15) is 5.11 Å². The zero-order valence-electron chi connectivity index (χ0n) is 16.3. The van der Waals surface area contributed by atoms with E-state index >= 15 is 0 Å². The Morgan fingerprint density at radius 1 is 0.962 bits per heavy atom. The number of aliphatic hydroxyl groups excluding tert-OH is 1. The van der Waals surface area contributed by atoms with Crippen LogP contribution in [0.15, 0.2) is 48.5 Å². The molecule has 3 heteroatoms. The van der Waals surface area contributed by atoms with E-state index in [2.05, 4.69) is 57.3 Å². The first-order valence-corrected chi connectivity index (χ1v) is 9.58. The van der Waals surface area contributed by atoms with Gasteiger partial charge in [-0.2, -0.15) is 0 Å². The summed E-state index contributed by atoms with van der Waals surface area (Å²) in [6, 6.07) is 16.6. The average Bonchev–Trinajstić information content (AvgIpc) is 2.89. The van der Waals surface area contributed by atoms with Gasteiger partial charge in [0.25, 0.3) is 0 Å². The van der Waals surface area contributed by atoms with Gasteiger partial charge in [0.2, 0.25) is 0 Å². The fourth-order valence-electron chi connectivity index (χ4n) is 3.77. The third-order valence-corrected chi connectivity index (χ3v) is 4.95. The highest BCUT2D eigenvalue weighted by atomic mass is 16.5. The Morgan fingerprint density at radius 2 is 1.54 bits per heavy atom. The van der Waals surface area contributed by atoms with Crippen molar-refractivity contribution in [1.82, 2.24) is 5.32 Å². The van der Waals surface area contributed by atoms with E-state index in [-0.39, 0.29) is 17.7 Å². The summed E-state index contributed by atoms with van der Waals surface area (Å²) in [5.41, 5.74) is 2.57. The second-order valence-corrected chi connectivity index (χ2v) is 8.67. The fourth-order valence-corrected chi connectivity index (χ4v) is 3.77. The van der Waals surface area contributed by atoms with Crippen molar-refractivity contribution in [2.45, 2.75) is 64.6 Å². The predicted octanol–water partition coefficient (Wildman–Crippen LogP) is 4.86. The van der Waals surface area contributed by atoms with Gasteiger partial charge in [0.1, 0.15) is 11.5 Å². The molecule has 3 nitrogen and oxygen atoms in total. The highest BCUT2D eigenvalue weighted by Crippen LogP contribution is 2.31. The SMILES string of the molecule is Cc1ccc(Oc2ccc(C[C@H]3C[C@@H](O)[C@H](NC(C)(C)C)C3)cc2)cc1. The normalized spacial score (nSPS) is 23.2. The number of ether oxygens (including phenoxy) is 1. The van der Waals surface area contributed by atoms with Crippen LogP contribution in [-0.4, -0.2) is 22.8 Å². The molecule has 0 spiro atoms. The van der Waals surface area contributed by atoms with Crippen LogP contribution >= 0.6 is 0 Å². The molecule has 2 N–H and O–H groups in total. The van der Waals surface area contributed by atoms with Gasteiger partial charge in [-0.1, -0.05) is 29.8 Å². The molecule has 1 aliphatic rings. The fraction of sp³-hybridized carbons (Fsp3) is 0.478. The maximum absolute atomic E-state index is 10.3. The van der Waals surface area contributed by atoms with Gasteiger partial charge >= 0.3 is 0 Å². The molecule has 0 bridgehead atoms. The van der Waals surface area contributed by atoms with Crippen LogP contribution in [0.3, 0.4) is 0 Å². The van der Waals surface area contributed by atoms with Crippen molar-refractivity contribution in [3.05, 3.63) is 59.7 Å². The number of benzene rings is 2. The lowest BCUT2D eigenvalue weighted by Gasteiger charge is -2.27. The molecule has 3 rings (SSSR count). The number of nitrogens with one attached hydrogen (secondary N) is 1.